The van der Waals surface area contributed by atoms with E-state index in [0.717, 1.165) is 12.1 Å². The van der Waals surface area contributed by atoms with Gasteiger partial charge in [-0.2, -0.15) is 0 Å². The van der Waals surface area contributed by atoms with E-state index in [1.807, 2.05) is 12.3 Å². The number of fused-ring (bicyclic) bond motifs is 1. The van der Waals surface area contributed by atoms with Crippen molar-refractivity contribution in [1.82, 2.24) is 9.88 Å². The second-order valence-corrected chi connectivity index (χ2v) is 4.73. The summed E-state index contributed by atoms with van der Waals surface area (Å²) < 4.78 is 0. The third kappa shape index (κ3) is 6.15. The van der Waals surface area contributed by atoms with Gasteiger partial charge in [0.1, 0.15) is 0 Å². The maximum absolute atomic E-state index is 9.10. The molecule has 2 rings (SSSR count). The van der Waals surface area contributed by atoms with Crippen LogP contribution in [0, 0.1) is 0 Å². The van der Waals surface area contributed by atoms with Crippen LogP contribution in [0.1, 0.15) is 5.56 Å². The first-order valence-electron chi connectivity index (χ1n) is 6.52. The summed E-state index contributed by atoms with van der Waals surface area (Å²) >= 11 is 0. The minimum Gasteiger partial charge on any atom is -0.473 e. The van der Waals surface area contributed by atoms with Crippen LogP contribution in [0.5, 0.6) is 0 Å². The van der Waals surface area contributed by atoms with Crippen molar-refractivity contribution in [1.29, 1.82) is 0 Å². The van der Waals surface area contributed by atoms with E-state index in [1.165, 1.54) is 10.9 Å². The molecule has 0 fully saturated rings. The lowest BCUT2D eigenvalue weighted by atomic mass is 10.1. The van der Waals surface area contributed by atoms with Gasteiger partial charge in [-0.25, -0.2) is 9.59 Å². The normalized spacial score (nSPS) is 10.5. The predicted molar refractivity (Wildman–Crippen MR) is 84.6 cm³/mol. The molecule has 0 saturated heterocycles. The molecular formula is C16H18N2O4. The Hall–Kier alpha value is -2.73. The molecule has 0 atom stereocenters. The summed E-state index contributed by atoms with van der Waals surface area (Å²) in [5, 5.41) is 16.0. The van der Waals surface area contributed by atoms with E-state index in [1.54, 1.807) is 0 Å². The molecule has 1 aromatic heterocycles. The summed E-state index contributed by atoms with van der Waals surface area (Å²) in [5.41, 5.74) is 2.27. The molecule has 6 heteroatoms. The van der Waals surface area contributed by atoms with E-state index >= 15 is 0 Å². The fraction of sp³-hybridized carbons (Fsp3) is 0.188. The van der Waals surface area contributed by atoms with Gasteiger partial charge < -0.3 is 15.1 Å². The zero-order valence-corrected chi connectivity index (χ0v) is 12.4. The standard InChI is InChI=1S/C14H16N2.C2H2O4/c1-16(2)10-4-5-12-7-8-14-13(11-12)6-3-9-15-14;3-1(4)2(5)6/h3-9,11H,10H2,1-2H3;(H,3,4)(H,5,6)/b5-4-;. The van der Waals surface area contributed by atoms with Gasteiger partial charge >= 0.3 is 11.9 Å². The molecule has 2 aromatic rings. The first-order valence-corrected chi connectivity index (χ1v) is 6.52. The average molecular weight is 302 g/mol. The van der Waals surface area contributed by atoms with Crippen LogP contribution >= 0.6 is 0 Å². The summed E-state index contributed by atoms with van der Waals surface area (Å²) in [6.45, 7) is 0.963. The van der Waals surface area contributed by atoms with Crippen molar-refractivity contribution >= 4 is 28.9 Å². The Kier molecular flexibility index (Phi) is 6.72. The predicted octanol–water partition coefficient (Wildman–Crippen LogP) is 1.97. The first kappa shape index (κ1) is 17.3. The van der Waals surface area contributed by atoms with Crippen LogP contribution in [0.15, 0.2) is 42.6 Å². The van der Waals surface area contributed by atoms with Gasteiger partial charge in [-0.3, -0.25) is 4.98 Å². The molecule has 0 aliphatic carbocycles. The molecular weight excluding hydrogens is 284 g/mol. The van der Waals surface area contributed by atoms with E-state index < -0.39 is 11.9 Å². The first-order chi connectivity index (χ1) is 10.4. The number of aliphatic carboxylic acids is 2. The number of carboxylic acids is 2. The number of carbonyl (C=O) groups is 2. The molecule has 22 heavy (non-hydrogen) atoms. The Balaban J connectivity index is 0.000000346. The quantitative estimate of drug-likeness (QED) is 0.842. The molecule has 0 bridgehead atoms. The van der Waals surface area contributed by atoms with Gasteiger partial charge in [0.2, 0.25) is 0 Å². The highest BCUT2D eigenvalue weighted by Crippen LogP contribution is 2.14. The van der Waals surface area contributed by atoms with E-state index in [9.17, 15) is 0 Å². The van der Waals surface area contributed by atoms with Crippen molar-refractivity contribution in [3.63, 3.8) is 0 Å². The van der Waals surface area contributed by atoms with Crippen LogP contribution < -0.4 is 0 Å². The zero-order valence-electron chi connectivity index (χ0n) is 12.4. The average Bonchev–Trinajstić information content (AvgIpc) is 2.47. The second-order valence-electron chi connectivity index (χ2n) is 4.73. The molecule has 0 unspecified atom stereocenters. The lowest BCUT2D eigenvalue weighted by molar-refractivity contribution is -0.159. The Bertz CT molecular complexity index is 669. The summed E-state index contributed by atoms with van der Waals surface area (Å²) in [6, 6.07) is 10.4. The number of hydrogen-bond donors (Lipinski definition) is 2. The fourth-order valence-electron chi connectivity index (χ4n) is 1.60. The fourth-order valence-corrected chi connectivity index (χ4v) is 1.60. The summed E-state index contributed by atoms with van der Waals surface area (Å²) in [5.74, 6) is -3.65. The summed E-state index contributed by atoms with van der Waals surface area (Å²) in [6.07, 6.45) is 6.13. The summed E-state index contributed by atoms with van der Waals surface area (Å²) in [4.78, 5) is 24.6. The van der Waals surface area contributed by atoms with Gasteiger partial charge in [0.25, 0.3) is 0 Å². The maximum atomic E-state index is 9.10. The number of nitrogens with zero attached hydrogens (tertiary/aromatic N) is 2. The van der Waals surface area contributed by atoms with Gasteiger partial charge in [-0.1, -0.05) is 24.3 Å². The monoisotopic (exact) mass is 302 g/mol. The highest BCUT2D eigenvalue weighted by atomic mass is 16.4. The van der Waals surface area contributed by atoms with Gasteiger partial charge in [-0.15, -0.1) is 0 Å². The van der Waals surface area contributed by atoms with E-state index in [2.05, 4.69) is 60.4 Å². The van der Waals surface area contributed by atoms with Crippen molar-refractivity contribution in [2.24, 2.45) is 0 Å². The summed E-state index contributed by atoms with van der Waals surface area (Å²) in [7, 11) is 4.13. The highest BCUT2D eigenvalue weighted by Gasteiger charge is 2.04. The molecule has 0 saturated carbocycles. The Morgan fingerprint density at radius 1 is 1.18 bits per heavy atom. The molecule has 116 valence electrons. The van der Waals surface area contributed by atoms with Gasteiger partial charge in [0.05, 0.1) is 5.52 Å². The topological polar surface area (TPSA) is 90.7 Å². The molecule has 6 nitrogen and oxygen atoms in total. The number of pyridine rings is 1. The zero-order chi connectivity index (χ0) is 16.5. The van der Waals surface area contributed by atoms with Crippen LogP contribution in [-0.2, 0) is 9.59 Å². The number of carboxylic acid groups (broad SMARTS) is 2. The molecule has 1 heterocycles. The lowest BCUT2D eigenvalue weighted by Gasteiger charge is -2.03. The van der Waals surface area contributed by atoms with Crippen LogP contribution in [0.4, 0.5) is 0 Å². The highest BCUT2D eigenvalue weighted by molar-refractivity contribution is 6.27. The largest absolute Gasteiger partial charge is 0.473 e. The molecule has 0 aliphatic rings. The van der Waals surface area contributed by atoms with Gasteiger partial charge in [-0.05, 0) is 37.9 Å². The SMILES string of the molecule is CN(C)C/C=C\c1ccc2ncccc2c1.O=C(O)C(=O)O. The Morgan fingerprint density at radius 3 is 2.45 bits per heavy atom. The Labute approximate surface area is 128 Å². The van der Waals surface area contributed by atoms with Crippen molar-refractivity contribution in [2.45, 2.75) is 0 Å². The third-order valence-corrected chi connectivity index (χ3v) is 2.59. The minimum atomic E-state index is -1.82. The molecule has 0 spiro atoms. The van der Waals surface area contributed by atoms with Crippen LogP contribution in [0.2, 0.25) is 0 Å². The molecule has 0 radical (unpaired) electrons. The second kappa shape index (κ2) is 8.53. The van der Waals surface area contributed by atoms with Crippen molar-refractivity contribution in [3.8, 4) is 0 Å². The molecule has 0 amide bonds. The number of aromatic nitrogens is 1. The minimum absolute atomic E-state index is 0.963. The third-order valence-electron chi connectivity index (χ3n) is 2.59. The van der Waals surface area contributed by atoms with Crippen LogP contribution in [0.25, 0.3) is 17.0 Å². The van der Waals surface area contributed by atoms with Crippen molar-refractivity contribution < 1.29 is 19.8 Å². The van der Waals surface area contributed by atoms with E-state index in [-0.39, 0.29) is 0 Å². The number of rotatable bonds is 3. The van der Waals surface area contributed by atoms with Gasteiger partial charge in [0.15, 0.2) is 0 Å². The van der Waals surface area contributed by atoms with Crippen molar-refractivity contribution in [2.75, 3.05) is 20.6 Å². The van der Waals surface area contributed by atoms with E-state index in [4.69, 9.17) is 19.8 Å². The van der Waals surface area contributed by atoms with E-state index in [0.29, 0.717) is 0 Å². The Morgan fingerprint density at radius 2 is 1.86 bits per heavy atom. The van der Waals surface area contributed by atoms with Gasteiger partial charge in [0, 0.05) is 18.1 Å². The molecule has 2 N–H and O–H groups in total. The van der Waals surface area contributed by atoms with Crippen LogP contribution in [-0.4, -0.2) is 52.7 Å². The maximum Gasteiger partial charge on any atom is 0.414 e. The van der Waals surface area contributed by atoms with Crippen molar-refractivity contribution in [3.05, 3.63) is 48.2 Å². The molecule has 1 aromatic carbocycles. The molecule has 0 aliphatic heterocycles. The number of benzene rings is 1. The lowest BCUT2D eigenvalue weighted by Crippen LogP contribution is -2.10. The van der Waals surface area contributed by atoms with Crippen LogP contribution in [0.3, 0.4) is 0 Å². The number of likely N-dealkylation sites (N-methyl/N-ethyl adjacent to an activating group) is 1. The smallest absolute Gasteiger partial charge is 0.414 e. The number of hydrogen-bond acceptors (Lipinski definition) is 4.